The van der Waals surface area contributed by atoms with Crippen LogP contribution in [0.5, 0.6) is 0 Å². The average Bonchev–Trinajstić information content (AvgIpc) is 3.67. The molecule has 0 spiro atoms. The third-order valence-electron chi connectivity index (χ3n) is 12.3. The summed E-state index contributed by atoms with van der Waals surface area (Å²) in [5, 5.41) is 10.5. The molecule has 0 saturated carbocycles. The van der Waals surface area contributed by atoms with E-state index in [2.05, 4.69) is 164 Å². The highest BCUT2D eigenvalue weighted by molar-refractivity contribution is 7.26. The molecule has 0 saturated heterocycles. The summed E-state index contributed by atoms with van der Waals surface area (Å²) in [6, 6.07) is 65.3. The molecule has 0 unspecified atom stereocenters. The third-order valence-corrected chi connectivity index (χ3v) is 13.4. The Balaban J connectivity index is 1.08. The number of nitrogens with zero attached hydrogens (tertiary/aromatic N) is 4. The molecule has 9 aromatic carbocycles. The number of hydrogen-bond acceptors (Lipinski definition) is 5. The molecule has 1 aliphatic heterocycles. The van der Waals surface area contributed by atoms with Gasteiger partial charge in [-0.2, -0.15) is 0 Å². The SMILES string of the molecule is CC1(C)c2ccccc2N(c2cccc(-c3nc(-c4ccccc4)nc(-c4ccccc4)n3)c2)c2cc3sc4c(ccc5c6ccccc6c6ccccc6c54)c3cc21. The molecule has 0 bridgehead atoms. The van der Waals surface area contributed by atoms with Crippen molar-refractivity contribution in [3.8, 4) is 34.2 Å². The fraction of sp³-hybridized carbons (Fsp3) is 0.0556. The second-order valence-electron chi connectivity index (χ2n) is 16.0. The van der Waals surface area contributed by atoms with E-state index in [0.717, 1.165) is 22.4 Å². The number of aromatic nitrogens is 3. The zero-order chi connectivity index (χ0) is 39.2. The lowest BCUT2D eigenvalue weighted by Gasteiger charge is -2.42. The Morgan fingerprint density at radius 1 is 0.407 bits per heavy atom. The van der Waals surface area contributed by atoms with Gasteiger partial charge in [-0.15, -0.1) is 11.3 Å². The van der Waals surface area contributed by atoms with Crippen LogP contribution in [-0.2, 0) is 5.41 Å². The maximum absolute atomic E-state index is 5.09. The van der Waals surface area contributed by atoms with Crippen molar-refractivity contribution < 1.29 is 0 Å². The largest absolute Gasteiger partial charge is 0.310 e. The minimum absolute atomic E-state index is 0.244. The summed E-state index contributed by atoms with van der Waals surface area (Å²) in [7, 11) is 0. The van der Waals surface area contributed by atoms with E-state index in [9.17, 15) is 0 Å². The lowest BCUT2D eigenvalue weighted by molar-refractivity contribution is 0.633. The lowest BCUT2D eigenvalue weighted by Crippen LogP contribution is -2.30. The molecule has 2 aromatic heterocycles. The van der Waals surface area contributed by atoms with Crippen molar-refractivity contribution in [2.24, 2.45) is 0 Å². The fourth-order valence-corrected chi connectivity index (χ4v) is 10.7. The summed E-state index contributed by atoms with van der Waals surface area (Å²) in [5.74, 6) is 1.93. The Morgan fingerprint density at radius 3 is 1.61 bits per heavy atom. The Kier molecular flexibility index (Phi) is 7.41. The molecule has 278 valence electrons. The van der Waals surface area contributed by atoms with Gasteiger partial charge in [0, 0.05) is 53.4 Å². The number of para-hydroxylation sites is 1. The Morgan fingerprint density at radius 2 is 0.932 bits per heavy atom. The van der Waals surface area contributed by atoms with Gasteiger partial charge in [0.15, 0.2) is 17.5 Å². The van der Waals surface area contributed by atoms with Crippen LogP contribution in [0.1, 0.15) is 25.0 Å². The first-order valence-electron chi connectivity index (χ1n) is 20.1. The topological polar surface area (TPSA) is 41.9 Å². The summed E-state index contributed by atoms with van der Waals surface area (Å²) < 4.78 is 2.61. The van der Waals surface area contributed by atoms with E-state index in [4.69, 9.17) is 15.0 Å². The first-order valence-corrected chi connectivity index (χ1v) is 20.9. The van der Waals surface area contributed by atoms with Crippen LogP contribution in [0.25, 0.3) is 86.7 Å². The monoisotopic (exact) mass is 772 g/mol. The van der Waals surface area contributed by atoms with E-state index in [-0.39, 0.29) is 5.41 Å². The van der Waals surface area contributed by atoms with Crippen molar-refractivity contribution in [2.75, 3.05) is 4.90 Å². The van der Waals surface area contributed by atoms with Crippen LogP contribution >= 0.6 is 11.3 Å². The number of hydrogen-bond donors (Lipinski definition) is 0. The zero-order valence-corrected chi connectivity index (χ0v) is 33.3. The van der Waals surface area contributed by atoms with Crippen molar-refractivity contribution in [1.29, 1.82) is 0 Å². The Bertz CT molecular complexity index is 3390. The summed E-state index contributed by atoms with van der Waals surface area (Å²) in [6.07, 6.45) is 0. The van der Waals surface area contributed by atoms with E-state index in [0.29, 0.717) is 17.5 Å². The average molecular weight is 773 g/mol. The first-order chi connectivity index (χ1) is 29.0. The van der Waals surface area contributed by atoms with Crippen LogP contribution in [-0.4, -0.2) is 15.0 Å². The lowest BCUT2D eigenvalue weighted by atomic mass is 9.73. The molecule has 12 rings (SSSR count). The molecule has 0 aliphatic carbocycles. The van der Waals surface area contributed by atoms with Crippen LogP contribution in [0, 0.1) is 0 Å². The van der Waals surface area contributed by atoms with Crippen molar-refractivity contribution in [2.45, 2.75) is 19.3 Å². The third kappa shape index (κ3) is 5.18. The first kappa shape index (κ1) is 33.9. The second-order valence-corrected chi connectivity index (χ2v) is 17.0. The normalized spacial score (nSPS) is 13.4. The van der Waals surface area contributed by atoms with Gasteiger partial charge in [-0.3, -0.25) is 0 Å². The van der Waals surface area contributed by atoms with Crippen LogP contribution in [0.2, 0.25) is 0 Å². The molecule has 0 fully saturated rings. The van der Waals surface area contributed by atoms with Gasteiger partial charge in [0.1, 0.15) is 0 Å². The van der Waals surface area contributed by atoms with E-state index < -0.39 is 0 Å². The molecule has 59 heavy (non-hydrogen) atoms. The van der Waals surface area contributed by atoms with Crippen LogP contribution in [0.15, 0.2) is 182 Å². The maximum Gasteiger partial charge on any atom is 0.164 e. The molecule has 0 atom stereocenters. The van der Waals surface area contributed by atoms with Gasteiger partial charge in [-0.1, -0.05) is 166 Å². The van der Waals surface area contributed by atoms with Crippen LogP contribution < -0.4 is 4.90 Å². The van der Waals surface area contributed by atoms with Crippen LogP contribution in [0.3, 0.4) is 0 Å². The second kappa shape index (κ2) is 12.9. The summed E-state index contributed by atoms with van der Waals surface area (Å²) in [5.41, 5.74) is 8.60. The van der Waals surface area contributed by atoms with Crippen LogP contribution in [0.4, 0.5) is 17.1 Å². The van der Waals surface area contributed by atoms with E-state index in [1.807, 2.05) is 47.7 Å². The predicted molar refractivity (Wildman–Crippen MR) is 248 cm³/mol. The summed E-state index contributed by atoms with van der Waals surface area (Å²) >= 11 is 1.91. The highest BCUT2D eigenvalue weighted by Crippen LogP contribution is 2.55. The molecule has 1 aliphatic rings. The summed E-state index contributed by atoms with van der Waals surface area (Å²) in [6.45, 7) is 4.74. The number of rotatable bonds is 4. The molecule has 0 radical (unpaired) electrons. The highest BCUT2D eigenvalue weighted by Gasteiger charge is 2.37. The maximum atomic E-state index is 5.09. The highest BCUT2D eigenvalue weighted by atomic mass is 32.1. The van der Waals surface area contributed by atoms with Gasteiger partial charge < -0.3 is 4.90 Å². The summed E-state index contributed by atoms with van der Waals surface area (Å²) in [4.78, 5) is 17.6. The Hall–Kier alpha value is -7.21. The number of fused-ring (bicyclic) bond motifs is 12. The standard InChI is InChI=1S/C54H36N4S/c1-54(2)44-26-13-14-27-46(44)58(36-21-15-20-35(30-36)53-56-51(33-16-5-3-6-17-33)55-52(57-53)34-18-7-4-8-19-34)47-32-48-43(31-45(47)54)42-29-28-41-39-24-10-9-22-37(39)38-23-11-12-25-40(38)49(41)50(42)59-48/h3-32H,1-2H3. The zero-order valence-electron chi connectivity index (χ0n) is 32.5. The minimum Gasteiger partial charge on any atom is -0.310 e. The van der Waals surface area contributed by atoms with E-state index in [1.165, 1.54) is 75.0 Å². The molecular formula is C54H36N4S. The van der Waals surface area contributed by atoms with Gasteiger partial charge in [-0.05, 0) is 68.4 Å². The molecule has 5 heteroatoms. The quantitative estimate of drug-likeness (QED) is 0.167. The molecule has 11 aromatic rings. The molecule has 3 heterocycles. The van der Waals surface area contributed by atoms with Crippen molar-refractivity contribution in [1.82, 2.24) is 15.0 Å². The molecule has 0 amide bonds. The molecule has 4 nitrogen and oxygen atoms in total. The van der Waals surface area contributed by atoms with Gasteiger partial charge in [0.2, 0.25) is 0 Å². The number of benzene rings is 9. The van der Waals surface area contributed by atoms with Crippen molar-refractivity contribution >= 4 is 80.9 Å². The molecular weight excluding hydrogens is 737 g/mol. The van der Waals surface area contributed by atoms with Gasteiger partial charge in [-0.25, -0.2) is 15.0 Å². The van der Waals surface area contributed by atoms with Crippen molar-refractivity contribution in [3.05, 3.63) is 193 Å². The van der Waals surface area contributed by atoms with E-state index >= 15 is 0 Å². The van der Waals surface area contributed by atoms with E-state index in [1.54, 1.807) is 0 Å². The number of thiophene rings is 1. The van der Waals surface area contributed by atoms with Gasteiger partial charge >= 0.3 is 0 Å². The Labute approximate surface area is 345 Å². The minimum atomic E-state index is -0.244. The van der Waals surface area contributed by atoms with Gasteiger partial charge in [0.05, 0.1) is 11.4 Å². The number of anilines is 3. The van der Waals surface area contributed by atoms with Gasteiger partial charge in [0.25, 0.3) is 0 Å². The smallest absolute Gasteiger partial charge is 0.164 e. The molecule has 0 N–H and O–H groups in total. The van der Waals surface area contributed by atoms with Crippen molar-refractivity contribution in [3.63, 3.8) is 0 Å². The predicted octanol–water partition coefficient (Wildman–Crippen LogP) is 14.8. The fourth-order valence-electron chi connectivity index (χ4n) is 9.41.